The number of hydrogen-bond acceptors (Lipinski definition) is 4. The lowest BCUT2D eigenvalue weighted by Gasteiger charge is -2.26. The smallest absolute Gasteiger partial charge is 0.347 e. The highest BCUT2D eigenvalue weighted by Crippen LogP contribution is 2.22. The van der Waals surface area contributed by atoms with Crippen molar-refractivity contribution in [1.29, 1.82) is 0 Å². The summed E-state index contributed by atoms with van der Waals surface area (Å²) in [6.07, 6.45) is 3.63. The van der Waals surface area contributed by atoms with E-state index in [-0.39, 0.29) is 0 Å². The van der Waals surface area contributed by atoms with Crippen molar-refractivity contribution >= 4 is 23.3 Å². The average Bonchev–Trinajstić information content (AvgIpc) is 2.68. The molecule has 0 radical (unpaired) electrons. The van der Waals surface area contributed by atoms with Crippen LogP contribution in [0.2, 0.25) is 0 Å². The van der Waals surface area contributed by atoms with Gasteiger partial charge in [-0.1, -0.05) is 0 Å². The van der Waals surface area contributed by atoms with Crippen molar-refractivity contribution in [3.05, 3.63) is 10.9 Å². The van der Waals surface area contributed by atoms with Gasteiger partial charge in [0.05, 0.1) is 0 Å². The Balaban J connectivity index is 2.11. The molecule has 1 aliphatic rings. The lowest BCUT2D eigenvalue weighted by atomic mass is 10.1. The number of carboxylic acid groups (broad SMARTS) is 1. The van der Waals surface area contributed by atoms with E-state index in [2.05, 4.69) is 9.27 Å². The fraction of sp³-hybridized carbons (Fsp3) is 0.556. The molecule has 0 spiro atoms. The number of carboxylic acids is 1. The molecule has 2 heterocycles. The van der Waals surface area contributed by atoms with Gasteiger partial charge in [-0.2, -0.15) is 4.37 Å². The first-order valence-corrected chi connectivity index (χ1v) is 5.49. The van der Waals surface area contributed by atoms with Gasteiger partial charge in [-0.15, -0.1) is 0 Å². The predicted molar refractivity (Wildman–Crippen MR) is 55.1 cm³/mol. The molecule has 0 unspecified atom stereocenters. The normalized spacial score (nSPS) is 17.0. The van der Waals surface area contributed by atoms with Crippen LogP contribution in [-0.4, -0.2) is 28.5 Å². The minimum absolute atomic E-state index is 0.325. The molecule has 2 rings (SSSR count). The second-order valence-electron chi connectivity index (χ2n) is 3.40. The van der Waals surface area contributed by atoms with Crippen LogP contribution in [0.3, 0.4) is 0 Å². The van der Waals surface area contributed by atoms with Crippen molar-refractivity contribution in [2.45, 2.75) is 19.3 Å². The monoisotopic (exact) mass is 212 g/mol. The zero-order chi connectivity index (χ0) is 9.97. The molecule has 0 saturated carbocycles. The van der Waals surface area contributed by atoms with Gasteiger partial charge in [0, 0.05) is 19.2 Å². The molecule has 5 heteroatoms. The molecular weight excluding hydrogens is 200 g/mol. The highest BCUT2D eigenvalue weighted by atomic mass is 32.1. The number of aromatic nitrogens is 1. The summed E-state index contributed by atoms with van der Waals surface area (Å²) in [5, 5.41) is 8.75. The van der Waals surface area contributed by atoms with Gasteiger partial charge in [-0.3, -0.25) is 0 Å². The minimum atomic E-state index is -0.884. The Morgan fingerprint density at radius 3 is 2.71 bits per heavy atom. The summed E-state index contributed by atoms with van der Waals surface area (Å²) in [5.41, 5.74) is 0. The molecule has 1 fully saturated rings. The van der Waals surface area contributed by atoms with Crippen molar-refractivity contribution in [2.75, 3.05) is 18.0 Å². The molecule has 0 bridgehead atoms. The van der Waals surface area contributed by atoms with E-state index in [1.54, 1.807) is 6.07 Å². The summed E-state index contributed by atoms with van der Waals surface area (Å²) >= 11 is 1.06. The Morgan fingerprint density at radius 2 is 2.14 bits per heavy atom. The molecule has 1 saturated heterocycles. The van der Waals surface area contributed by atoms with Crippen LogP contribution in [0.15, 0.2) is 6.07 Å². The van der Waals surface area contributed by atoms with Gasteiger partial charge in [0.2, 0.25) is 0 Å². The van der Waals surface area contributed by atoms with Crippen molar-refractivity contribution in [3.8, 4) is 0 Å². The molecule has 0 atom stereocenters. The number of carbonyl (C=O) groups is 1. The van der Waals surface area contributed by atoms with Gasteiger partial charge >= 0.3 is 5.97 Å². The van der Waals surface area contributed by atoms with Crippen LogP contribution in [0, 0.1) is 0 Å². The standard InChI is InChI=1S/C9H12N2O2S/c12-9(13)7-6-8(10-14-7)11-4-2-1-3-5-11/h6H,1-5H2,(H,12,13). The molecule has 0 aromatic carbocycles. The van der Waals surface area contributed by atoms with E-state index >= 15 is 0 Å². The van der Waals surface area contributed by atoms with Crippen LogP contribution in [0.1, 0.15) is 28.9 Å². The fourth-order valence-corrected chi connectivity index (χ4v) is 2.23. The van der Waals surface area contributed by atoms with Gasteiger partial charge in [0.1, 0.15) is 10.7 Å². The first-order chi connectivity index (χ1) is 6.77. The number of rotatable bonds is 2. The van der Waals surface area contributed by atoms with E-state index in [0.29, 0.717) is 4.88 Å². The fourth-order valence-electron chi connectivity index (χ4n) is 1.64. The Bertz CT molecular complexity index is 331. The van der Waals surface area contributed by atoms with E-state index in [9.17, 15) is 4.79 Å². The molecule has 4 nitrogen and oxygen atoms in total. The number of anilines is 1. The van der Waals surface area contributed by atoms with Crippen LogP contribution >= 0.6 is 11.5 Å². The highest BCUT2D eigenvalue weighted by Gasteiger charge is 2.15. The maximum atomic E-state index is 10.6. The first kappa shape index (κ1) is 9.45. The van der Waals surface area contributed by atoms with E-state index in [1.165, 1.54) is 19.3 Å². The number of hydrogen-bond donors (Lipinski definition) is 1. The quantitative estimate of drug-likeness (QED) is 0.812. The maximum Gasteiger partial charge on any atom is 0.347 e. The van der Waals surface area contributed by atoms with Crippen molar-refractivity contribution in [2.24, 2.45) is 0 Å². The van der Waals surface area contributed by atoms with Gasteiger partial charge in [-0.05, 0) is 30.8 Å². The van der Waals surface area contributed by atoms with E-state index < -0.39 is 5.97 Å². The van der Waals surface area contributed by atoms with E-state index in [0.717, 1.165) is 30.4 Å². The summed E-state index contributed by atoms with van der Waals surface area (Å²) in [6.45, 7) is 2.01. The highest BCUT2D eigenvalue weighted by molar-refractivity contribution is 7.08. The molecule has 1 aliphatic heterocycles. The van der Waals surface area contributed by atoms with Gasteiger partial charge in [-0.25, -0.2) is 4.79 Å². The largest absolute Gasteiger partial charge is 0.477 e. The Morgan fingerprint density at radius 1 is 1.43 bits per heavy atom. The van der Waals surface area contributed by atoms with Crippen molar-refractivity contribution in [3.63, 3.8) is 0 Å². The Labute approximate surface area is 86.3 Å². The van der Waals surface area contributed by atoms with Crippen LogP contribution in [0.5, 0.6) is 0 Å². The second kappa shape index (κ2) is 3.96. The molecule has 1 aromatic rings. The summed E-state index contributed by atoms with van der Waals surface area (Å²) in [5.74, 6) is -0.0575. The minimum Gasteiger partial charge on any atom is -0.477 e. The van der Waals surface area contributed by atoms with Gasteiger partial charge < -0.3 is 10.0 Å². The summed E-state index contributed by atoms with van der Waals surface area (Å²) in [6, 6.07) is 1.66. The van der Waals surface area contributed by atoms with Crippen LogP contribution < -0.4 is 4.90 Å². The zero-order valence-electron chi connectivity index (χ0n) is 7.77. The SMILES string of the molecule is O=C(O)c1cc(N2CCCCC2)ns1. The third-order valence-electron chi connectivity index (χ3n) is 2.39. The number of nitrogens with zero attached hydrogens (tertiary/aromatic N) is 2. The Hall–Kier alpha value is -1.10. The molecular formula is C9H12N2O2S. The molecule has 14 heavy (non-hydrogen) atoms. The Kier molecular flexibility index (Phi) is 2.67. The summed E-state index contributed by atoms with van der Waals surface area (Å²) in [4.78, 5) is 13.1. The molecule has 0 amide bonds. The molecule has 76 valence electrons. The first-order valence-electron chi connectivity index (χ1n) is 4.72. The van der Waals surface area contributed by atoms with Crippen LogP contribution in [0.4, 0.5) is 5.82 Å². The average molecular weight is 212 g/mol. The second-order valence-corrected chi connectivity index (χ2v) is 4.21. The number of aromatic carboxylic acids is 1. The van der Waals surface area contributed by atoms with Gasteiger partial charge in [0.15, 0.2) is 0 Å². The van der Waals surface area contributed by atoms with E-state index in [4.69, 9.17) is 5.11 Å². The lowest BCUT2D eigenvalue weighted by Crippen LogP contribution is -2.29. The third-order valence-corrected chi connectivity index (χ3v) is 3.16. The van der Waals surface area contributed by atoms with Crippen molar-refractivity contribution in [1.82, 2.24) is 4.37 Å². The zero-order valence-corrected chi connectivity index (χ0v) is 8.59. The van der Waals surface area contributed by atoms with Crippen LogP contribution in [0.25, 0.3) is 0 Å². The summed E-state index contributed by atoms with van der Waals surface area (Å²) in [7, 11) is 0. The van der Waals surface area contributed by atoms with E-state index in [1.807, 2.05) is 0 Å². The predicted octanol–water partition coefficient (Wildman–Crippen LogP) is 1.83. The maximum absolute atomic E-state index is 10.6. The lowest BCUT2D eigenvalue weighted by molar-refractivity contribution is 0.0702. The van der Waals surface area contributed by atoms with Crippen LogP contribution in [-0.2, 0) is 0 Å². The third kappa shape index (κ3) is 1.87. The molecule has 1 aromatic heterocycles. The topological polar surface area (TPSA) is 53.4 Å². The number of piperidine rings is 1. The molecule has 0 aliphatic carbocycles. The van der Waals surface area contributed by atoms with Gasteiger partial charge in [0.25, 0.3) is 0 Å². The summed E-state index contributed by atoms with van der Waals surface area (Å²) < 4.78 is 4.15. The molecule has 1 N–H and O–H groups in total. The van der Waals surface area contributed by atoms with Crippen molar-refractivity contribution < 1.29 is 9.90 Å².